The number of nitrogens with zero attached hydrogens (tertiary/aromatic N) is 3. The molecule has 2 amide bonds. The van der Waals surface area contributed by atoms with E-state index in [9.17, 15) is 14.0 Å². The van der Waals surface area contributed by atoms with Crippen molar-refractivity contribution in [2.24, 2.45) is 11.7 Å². The van der Waals surface area contributed by atoms with Crippen LogP contribution in [0.5, 0.6) is 0 Å². The minimum Gasteiger partial charge on any atom is -0.365 e. The molecule has 2 heterocycles. The zero-order valence-corrected chi connectivity index (χ0v) is 17.4. The number of carbonyl (C=O) groups is 2. The Hall–Kier alpha value is -2.12. The molecule has 0 unspecified atom stereocenters. The van der Waals surface area contributed by atoms with Gasteiger partial charge >= 0.3 is 0 Å². The minimum absolute atomic E-state index is 0.0375. The number of alkyl halides is 1. The van der Waals surface area contributed by atoms with Gasteiger partial charge < -0.3 is 10.6 Å². The van der Waals surface area contributed by atoms with Gasteiger partial charge in [0.1, 0.15) is 11.4 Å². The Kier molecular flexibility index (Phi) is 5.07. The number of amides is 2. The molecule has 1 fully saturated rings. The van der Waals surface area contributed by atoms with E-state index in [2.05, 4.69) is 5.10 Å². The van der Waals surface area contributed by atoms with Crippen molar-refractivity contribution >= 4 is 35.0 Å². The third-order valence-corrected chi connectivity index (χ3v) is 6.40. The molecule has 1 aromatic heterocycles. The average Bonchev–Trinajstić information content (AvgIpc) is 3.01. The van der Waals surface area contributed by atoms with Crippen LogP contribution in [0.3, 0.4) is 0 Å². The molecule has 2 N–H and O–H groups in total. The lowest BCUT2D eigenvalue weighted by Gasteiger charge is -2.39. The number of aromatic nitrogens is 2. The number of carbonyl (C=O) groups excluding carboxylic acids is 2. The summed E-state index contributed by atoms with van der Waals surface area (Å²) >= 11 is 12.1. The van der Waals surface area contributed by atoms with Crippen LogP contribution in [0.1, 0.15) is 42.2 Å². The molecule has 0 radical (unpaired) electrons. The van der Waals surface area contributed by atoms with Gasteiger partial charge in [-0.1, -0.05) is 29.3 Å². The third kappa shape index (κ3) is 3.85. The van der Waals surface area contributed by atoms with Gasteiger partial charge in [0.25, 0.3) is 5.91 Å². The van der Waals surface area contributed by atoms with E-state index in [1.165, 1.54) is 0 Å². The van der Waals surface area contributed by atoms with E-state index >= 15 is 0 Å². The van der Waals surface area contributed by atoms with Crippen LogP contribution in [0.25, 0.3) is 11.3 Å². The molecular formula is C20H21Cl2FN4O2. The van der Waals surface area contributed by atoms with E-state index < -0.39 is 11.6 Å². The standard InChI is InChI=1S/C20H21Cl2FN4O2/c1-20(23)8-11(9-20)6-16(28)26-4-5-27-15(10-26)17(19(24)29)18(25-27)12-2-3-13(21)14(22)7-12/h2-3,7,11H,4-6,8-10H2,1H3,(H2,24,29). The van der Waals surface area contributed by atoms with Crippen molar-refractivity contribution in [2.75, 3.05) is 6.54 Å². The number of nitrogens with two attached hydrogens (primary N) is 1. The highest BCUT2D eigenvalue weighted by atomic mass is 35.5. The molecule has 1 aromatic carbocycles. The number of benzene rings is 1. The molecule has 0 spiro atoms. The van der Waals surface area contributed by atoms with Gasteiger partial charge in [0.2, 0.25) is 5.91 Å². The monoisotopic (exact) mass is 438 g/mol. The molecular weight excluding hydrogens is 418 g/mol. The summed E-state index contributed by atoms with van der Waals surface area (Å²) in [5.41, 5.74) is 6.43. The maximum absolute atomic E-state index is 13.7. The second-order valence-electron chi connectivity index (χ2n) is 8.09. The molecule has 0 saturated heterocycles. The summed E-state index contributed by atoms with van der Waals surface area (Å²) in [6, 6.07) is 5.00. The number of hydrogen-bond donors (Lipinski definition) is 1. The van der Waals surface area contributed by atoms with Crippen LogP contribution in [0, 0.1) is 5.92 Å². The van der Waals surface area contributed by atoms with E-state index in [0.29, 0.717) is 59.3 Å². The highest BCUT2D eigenvalue weighted by Crippen LogP contribution is 2.43. The van der Waals surface area contributed by atoms with Crippen molar-refractivity contribution in [2.45, 2.75) is 44.9 Å². The summed E-state index contributed by atoms with van der Waals surface area (Å²) in [6.45, 7) is 2.74. The van der Waals surface area contributed by atoms with Crippen LogP contribution in [0.2, 0.25) is 10.0 Å². The first-order chi connectivity index (χ1) is 13.6. The second-order valence-corrected chi connectivity index (χ2v) is 8.91. The van der Waals surface area contributed by atoms with Crippen molar-refractivity contribution in [3.63, 3.8) is 0 Å². The maximum Gasteiger partial charge on any atom is 0.252 e. The van der Waals surface area contributed by atoms with Crippen molar-refractivity contribution in [1.82, 2.24) is 14.7 Å². The second kappa shape index (κ2) is 7.29. The molecule has 0 bridgehead atoms. The number of primary amides is 1. The summed E-state index contributed by atoms with van der Waals surface area (Å²) in [4.78, 5) is 26.6. The van der Waals surface area contributed by atoms with Crippen LogP contribution in [0.4, 0.5) is 4.39 Å². The van der Waals surface area contributed by atoms with Gasteiger partial charge in [-0.25, -0.2) is 4.39 Å². The number of rotatable bonds is 4. The Bertz CT molecular complexity index is 997. The zero-order valence-electron chi connectivity index (χ0n) is 15.9. The minimum atomic E-state index is -1.15. The highest BCUT2D eigenvalue weighted by Gasteiger charge is 2.42. The summed E-state index contributed by atoms with van der Waals surface area (Å²) < 4.78 is 15.4. The van der Waals surface area contributed by atoms with E-state index in [1.807, 2.05) is 0 Å². The Morgan fingerprint density at radius 1 is 1.28 bits per heavy atom. The van der Waals surface area contributed by atoms with Gasteiger partial charge in [-0.3, -0.25) is 14.3 Å². The first-order valence-corrected chi connectivity index (χ1v) is 10.2. The van der Waals surface area contributed by atoms with Crippen molar-refractivity contribution in [3.8, 4) is 11.3 Å². The molecule has 2 aromatic rings. The predicted octanol–water partition coefficient (Wildman–Crippen LogP) is 3.83. The summed E-state index contributed by atoms with van der Waals surface area (Å²) in [7, 11) is 0. The van der Waals surface area contributed by atoms with E-state index in [4.69, 9.17) is 28.9 Å². The Balaban J connectivity index is 1.59. The lowest BCUT2D eigenvalue weighted by atomic mass is 9.72. The van der Waals surface area contributed by atoms with Crippen molar-refractivity contribution < 1.29 is 14.0 Å². The molecule has 6 nitrogen and oxygen atoms in total. The largest absolute Gasteiger partial charge is 0.365 e. The highest BCUT2D eigenvalue weighted by molar-refractivity contribution is 6.42. The summed E-state index contributed by atoms with van der Waals surface area (Å²) in [5, 5.41) is 5.29. The number of fused-ring (bicyclic) bond motifs is 1. The van der Waals surface area contributed by atoms with Gasteiger partial charge in [0, 0.05) is 18.5 Å². The fourth-order valence-corrected chi connectivity index (χ4v) is 4.60. The SMILES string of the molecule is CC1(F)CC(CC(=O)N2CCn3nc(-c4ccc(Cl)c(Cl)c4)c(C(N)=O)c3C2)C1. The topological polar surface area (TPSA) is 81.2 Å². The Labute approximate surface area is 177 Å². The third-order valence-electron chi connectivity index (χ3n) is 5.66. The first kappa shape index (κ1) is 20.2. The van der Waals surface area contributed by atoms with Gasteiger partial charge in [-0.2, -0.15) is 5.10 Å². The number of halogens is 3. The smallest absolute Gasteiger partial charge is 0.252 e. The van der Waals surface area contributed by atoms with Crippen LogP contribution in [-0.4, -0.2) is 38.7 Å². The Morgan fingerprint density at radius 2 is 2.00 bits per heavy atom. The molecule has 4 rings (SSSR count). The quantitative estimate of drug-likeness (QED) is 0.787. The van der Waals surface area contributed by atoms with Crippen LogP contribution < -0.4 is 5.73 Å². The summed E-state index contributed by atoms with van der Waals surface area (Å²) in [6.07, 6.45) is 1.15. The molecule has 154 valence electrons. The van der Waals surface area contributed by atoms with Gasteiger partial charge in [0.15, 0.2) is 0 Å². The van der Waals surface area contributed by atoms with Gasteiger partial charge in [0.05, 0.1) is 34.4 Å². The van der Waals surface area contributed by atoms with Gasteiger partial charge in [-0.05, 0) is 37.8 Å². The molecule has 1 aliphatic heterocycles. The molecule has 2 aliphatic rings. The van der Waals surface area contributed by atoms with Crippen LogP contribution in [0.15, 0.2) is 18.2 Å². The Morgan fingerprint density at radius 3 is 2.62 bits per heavy atom. The first-order valence-electron chi connectivity index (χ1n) is 9.46. The van der Waals surface area contributed by atoms with Crippen molar-refractivity contribution in [3.05, 3.63) is 39.5 Å². The van der Waals surface area contributed by atoms with Crippen LogP contribution in [-0.2, 0) is 17.9 Å². The molecule has 1 saturated carbocycles. The lowest BCUT2D eigenvalue weighted by molar-refractivity contribution is -0.135. The van der Waals surface area contributed by atoms with Crippen molar-refractivity contribution in [1.29, 1.82) is 0 Å². The predicted molar refractivity (Wildman–Crippen MR) is 108 cm³/mol. The molecule has 0 atom stereocenters. The molecule has 9 heteroatoms. The fourth-order valence-electron chi connectivity index (χ4n) is 4.30. The zero-order chi connectivity index (χ0) is 20.9. The molecule has 1 aliphatic carbocycles. The molecule has 29 heavy (non-hydrogen) atoms. The fraction of sp³-hybridized carbons (Fsp3) is 0.450. The van der Waals surface area contributed by atoms with E-state index in [0.717, 1.165) is 0 Å². The maximum atomic E-state index is 13.7. The lowest BCUT2D eigenvalue weighted by Crippen LogP contribution is -2.43. The number of hydrogen-bond acceptors (Lipinski definition) is 3. The van der Waals surface area contributed by atoms with Crippen LogP contribution >= 0.6 is 23.2 Å². The van der Waals surface area contributed by atoms with Gasteiger partial charge in [-0.15, -0.1) is 0 Å². The normalized spacial score (nSPS) is 23.4. The summed E-state index contributed by atoms with van der Waals surface area (Å²) in [5.74, 6) is -0.579. The van der Waals surface area contributed by atoms with E-state index in [1.54, 1.807) is 34.7 Å². The average molecular weight is 439 g/mol. The van der Waals surface area contributed by atoms with E-state index in [-0.39, 0.29) is 23.9 Å².